The number of amides is 1. The number of piperazine rings is 1. The summed E-state index contributed by atoms with van der Waals surface area (Å²) in [5.41, 5.74) is -0.893. The number of alkyl halides is 3. The summed E-state index contributed by atoms with van der Waals surface area (Å²) in [4.78, 5) is 23.0. The van der Waals surface area contributed by atoms with Crippen LogP contribution in [0.3, 0.4) is 0 Å². The van der Waals surface area contributed by atoms with E-state index in [9.17, 15) is 18.0 Å². The lowest BCUT2D eigenvalue weighted by Crippen LogP contribution is -2.50. The van der Waals surface area contributed by atoms with Crippen molar-refractivity contribution in [2.75, 3.05) is 37.7 Å². The van der Waals surface area contributed by atoms with E-state index in [2.05, 4.69) is 9.82 Å². The molecule has 1 aliphatic rings. The Morgan fingerprint density at radius 2 is 1.96 bits per heavy atom. The number of rotatable bonds is 3. The van der Waals surface area contributed by atoms with Crippen LogP contribution in [0, 0.1) is 0 Å². The first-order chi connectivity index (χ1) is 10.3. The fraction of sp³-hybridized carbons (Fsp3) is 0.500. The number of nitrogens with zero attached hydrogens (tertiary/aromatic N) is 3. The molecule has 2 heterocycles. The molecule has 0 radical (unpaired) electrons. The van der Waals surface area contributed by atoms with Gasteiger partial charge in [0, 0.05) is 32.4 Å². The monoisotopic (exact) mass is 374 g/mol. The summed E-state index contributed by atoms with van der Waals surface area (Å²) in [6.45, 7) is 1.39. The highest BCUT2D eigenvalue weighted by Gasteiger charge is 2.32. The Bertz CT molecular complexity index is 552. The van der Waals surface area contributed by atoms with E-state index in [1.54, 1.807) is 9.80 Å². The Morgan fingerprint density at radius 3 is 2.43 bits per heavy atom. The number of nitrogens with two attached hydrogens (primary N) is 1. The molecule has 1 aromatic rings. The molecule has 0 aliphatic carbocycles. The largest absolute Gasteiger partial charge is 0.417 e. The second kappa shape index (κ2) is 8.00. The summed E-state index contributed by atoms with van der Waals surface area (Å²) in [7, 11) is 0. The van der Waals surface area contributed by atoms with Gasteiger partial charge in [0.15, 0.2) is 0 Å². The molecule has 130 valence electrons. The van der Waals surface area contributed by atoms with Gasteiger partial charge in [-0.2, -0.15) is 13.2 Å². The van der Waals surface area contributed by atoms with Gasteiger partial charge < -0.3 is 9.80 Å². The predicted molar refractivity (Wildman–Crippen MR) is 80.4 cm³/mol. The Labute approximate surface area is 141 Å². The molecular formula is C12H15Cl2F3N4O2. The second-order valence-corrected chi connectivity index (χ2v) is 5.11. The van der Waals surface area contributed by atoms with Gasteiger partial charge in [0.2, 0.25) is 0 Å². The third-order valence-corrected chi connectivity index (χ3v) is 3.57. The van der Waals surface area contributed by atoms with E-state index in [0.29, 0.717) is 26.2 Å². The molecule has 0 atom stereocenters. The first-order valence-electron chi connectivity index (χ1n) is 6.40. The number of carbonyl (C=O) groups excluding carboxylic acids is 1. The average molecular weight is 375 g/mol. The minimum absolute atomic E-state index is 0. The lowest BCUT2D eigenvalue weighted by molar-refractivity contribution is -0.138. The SMILES string of the molecule is Cl.NOCC(=O)N1CCN(c2ncc(C(F)(F)F)cc2Cl)CC1. The van der Waals surface area contributed by atoms with Crippen molar-refractivity contribution in [3.05, 3.63) is 22.8 Å². The number of hydrogen-bond donors (Lipinski definition) is 1. The number of anilines is 1. The number of aromatic nitrogens is 1. The minimum Gasteiger partial charge on any atom is -0.352 e. The summed E-state index contributed by atoms with van der Waals surface area (Å²) >= 11 is 5.90. The lowest BCUT2D eigenvalue weighted by Gasteiger charge is -2.35. The Balaban J connectivity index is 0.00000264. The smallest absolute Gasteiger partial charge is 0.352 e. The molecule has 0 unspecified atom stereocenters. The summed E-state index contributed by atoms with van der Waals surface area (Å²) in [5.74, 6) is 4.88. The fourth-order valence-electron chi connectivity index (χ4n) is 2.15. The topological polar surface area (TPSA) is 71.7 Å². The van der Waals surface area contributed by atoms with Gasteiger partial charge in [0.05, 0.1) is 10.6 Å². The van der Waals surface area contributed by atoms with Crippen LogP contribution in [0.15, 0.2) is 12.3 Å². The summed E-state index contributed by atoms with van der Waals surface area (Å²) in [6, 6.07) is 0.851. The molecule has 0 spiro atoms. The molecular weight excluding hydrogens is 360 g/mol. The summed E-state index contributed by atoms with van der Waals surface area (Å²) in [5, 5.41) is -0.0695. The van der Waals surface area contributed by atoms with Gasteiger partial charge in [-0.15, -0.1) is 12.4 Å². The summed E-state index contributed by atoms with van der Waals surface area (Å²) < 4.78 is 37.7. The van der Waals surface area contributed by atoms with Gasteiger partial charge in [-0.25, -0.2) is 10.9 Å². The zero-order chi connectivity index (χ0) is 16.3. The van der Waals surface area contributed by atoms with Crippen molar-refractivity contribution in [1.82, 2.24) is 9.88 Å². The van der Waals surface area contributed by atoms with Crippen LogP contribution >= 0.6 is 24.0 Å². The van der Waals surface area contributed by atoms with Gasteiger partial charge in [-0.05, 0) is 6.07 Å². The van der Waals surface area contributed by atoms with Gasteiger partial charge in [-0.3, -0.25) is 9.63 Å². The fourth-order valence-corrected chi connectivity index (χ4v) is 2.43. The number of pyridine rings is 1. The molecule has 1 aliphatic heterocycles. The van der Waals surface area contributed by atoms with Gasteiger partial charge in [0.25, 0.3) is 5.91 Å². The quantitative estimate of drug-likeness (QED) is 0.815. The van der Waals surface area contributed by atoms with Crippen LogP contribution in [0.1, 0.15) is 5.56 Å². The Kier molecular flexibility index (Phi) is 6.87. The van der Waals surface area contributed by atoms with Gasteiger partial charge in [0.1, 0.15) is 12.4 Å². The van der Waals surface area contributed by atoms with Crippen LogP contribution in [0.25, 0.3) is 0 Å². The van der Waals surface area contributed by atoms with Crippen molar-refractivity contribution >= 4 is 35.7 Å². The molecule has 6 nitrogen and oxygen atoms in total. The maximum absolute atomic E-state index is 12.6. The molecule has 2 N–H and O–H groups in total. The van der Waals surface area contributed by atoms with Crippen LogP contribution in [0.5, 0.6) is 0 Å². The van der Waals surface area contributed by atoms with Crippen LogP contribution in [-0.2, 0) is 15.8 Å². The molecule has 23 heavy (non-hydrogen) atoms. The van der Waals surface area contributed by atoms with Crippen LogP contribution in [0.2, 0.25) is 5.02 Å². The van der Waals surface area contributed by atoms with E-state index in [-0.39, 0.29) is 35.8 Å². The highest BCUT2D eigenvalue weighted by Crippen LogP contribution is 2.33. The second-order valence-electron chi connectivity index (χ2n) is 4.71. The van der Waals surface area contributed by atoms with Crippen molar-refractivity contribution in [1.29, 1.82) is 0 Å². The van der Waals surface area contributed by atoms with Crippen LogP contribution in [-0.4, -0.2) is 48.6 Å². The van der Waals surface area contributed by atoms with Crippen molar-refractivity contribution in [2.45, 2.75) is 6.18 Å². The highest BCUT2D eigenvalue weighted by atomic mass is 35.5. The number of halogens is 5. The molecule has 1 amide bonds. The molecule has 1 aromatic heterocycles. The zero-order valence-corrected chi connectivity index (χ0v) is 13.4. The molecule has 0 saturated carbocycles. The van der Waals surface area contributed by atoms with E-state index in [0.717, 1.165) is 12.3 Å². The lowest BCUT2D eigenvalue weighted by atomic mass is 10.2. The third-order valence-electron chi connectivity index (χ3n) is 3.29. The summed E-state index contributed by atoms with van der Waals surface area (Å²) in [6.07, 6.45) is -3.73. The van der Waals surface area contributed by atoms with E-state index in [4.69, 9.17) is 17.5 Å². The van der Waals surface area contributed by atoms with E-state index in [1.165, 1.54) is 0 Å². The maximum atomic E-state index is 12.6. The van der Waals surface area contributed by atoms with E-state index >= 15 is 0 Å². The zero-order valence-electron chi connectivity index (χ0n) is 11.8. The molecule has 11 heteroatoms. The molecule has 0 aromatic carbocycles. The molecule has 2 rings (SSSR count). The highest BCUT2D eigenvalue weighted by molar-refractivity contribution is 6.33. The van der Waals surface area contributed by atoms with Crippen LogP contribution in [0.4, 0.5) is 19.0 Å². The van der Waals surface area contributed by atoms with Gasteiger partial charge in [-0.1, -0.05) is 11.6 Å². The number of carbonyl (C=O) groups is 1. The van der Waals surface area contributed by atoms with Crippen molar-refractivity contribution in [3.63, 3.8) is 0 Å². The van der Waals surface area contributed by atoms with Crippen LogP contribution < -0.4 is 10.8 Å². The average Bonchev–Trinajstić information content (AvgIpc) is 2.46. The predicted octanol–water partition coefficient (Wildman–Crippen LogP) is 1.71. The first kappa shape index (κ1) is 19.8. The van der Waals surface area contributed by atoms with Crippen molar-refractivity contribution in [3.8, 4) is 0 Å². The first-order valence-corrected chi connectivity index (χ1v) is 6.78. The molecule has 1 fully saturated rings. The standard InChI is InChI=1S/C12H14ClF3N4O2.ClH/c13-9-5-8(12(14,15)16)6-18-11(9)20-3-1-19(2-4-20)10(21)7-22-17;/h5-6H,1-4,7,17H2;1H. The Morgan fingerprint density at radius 1 is 1.35 bits per heavy atom. The third kappa shape index (κ3) is 4.84. The minimum atomic E-state index is -4.48. The molecule has 0 bridgehead atoms. The Hall–Kier alpha value is -1.29. The van der Waals surface area contributed by atoms with Crippen molar-refractivity contribution < 1.29 is 22.8 Å². The maximum Gasteiger partial charge on any atom is 0.417 e. The van der Waals surface area contributed by atoms with Crippen molar-refractivity contribution in [2.24, 2.45) is 5.90 Å². The van der Waals surface area contributed by atoms with E-state index in [1.807, 2.05) is 0 Å². The van der Waals surface area contributed by atoms with E-state index < -0.39 is 11.7 Å². The van der Waals surface area contributed by atoms with Gasteiger partial charge >= 0.3 is 6.18 Å². The molecule has 1 saturated heterocycles. The number of hydrogen-bond acceptors (Lipinski definition) is 5. The normalized spacial score (nSPS) is 15.3.